The Labute approximate surface area is 174 Å². The van der Waals surface area contributed by atoms with Crippen LogP contribution in [0.3, 0.4) is 0 Å². The number of benzene rings is 1. The van der Waals surface area contributed by atoms with Gasteiger partial charge >= 0.3 is 5.63 Å². The lowest BCUT2D eigenvalue weighted by Crippen LogP contribution is -2.21. The van der Waals surface area contributed by atoms with Gasteiger partial charge in [-0.2, -0.15) is 0 Å². The van der Waals surface area contributed by atoms with Gasteiger partial charge < -0.3 is 14.6 Å². The lowest BCUT2D eigenvalue weighted by Gasteiger charge is -2.20. The molecule has 0 aliphatic carbocycles. The molecule has 29 heavy (non-hydrogen) atoms. The van der Waals surface area contributed by atoms with Gasteiger partial charge in [0, 0.05) is 47.9 Å². The fraction of sp³-hybridized carbons (Fsp3) is 0.318. The van der Waals surface area contributed by atoms with Gasteiger partial charge in [0.2, 0.25) is 0 Å². The first kappa shape index (κ1) is 22.6. The summed E-state index contributed by atoms with van der Waals surface area (Å²) in [5, 5.41) is 3.89. The monoisotopic (exact) mass is 416 g/mol. The maximum Gasteiger partial charge on any atom is 0.343 e. The molecule has 0 saturated carbocycles. The molecule has 156 valence electrons. The number of fused-ring (bicyclic) bond motifs is 1. The van der Waals surface area contributed by atoms with Crippen LogP contribution in [0.2, 0.25) is 0 Å². The highest BCUT2D eigenvalue weighted by molar-refractivity contribution is 7.84. The molecule has 0 fully saturated rings. The first-order valence-corrected chi connectivity index (χ1v) is 10.5. The van der Waals surface area contributed by atoms with E-state index in [1.165, 1.54) is 7.11 Å². The first-order chi connectivity index (χ1) is 13.9. The molecule has 0 spiro atoms. The number of nitrogens with one attached hydrogen (secondary N) is 1. The number of likely N-dealkylation sites (N-methyl/N-ethyl adjacent to an activating group) is 1. The number of nitrogens with zero attached hydrogens (tertiary/aromatic N) is 1. The molecule has 1 atom stereocenters. The standard InChI is InChI=1S/C22H28N2O4S/c1-6-24(7-2)20-13-10-17-14-18(22(25)28-21(17)15-20)9-12-19(23-4)11-8-16(3)29(26)27-5/h8-15,23H,6-7H2,1-5H3/b12-9+,16-8+,19-11-. The van der Waals surface area contributed by atoms with Crippen LogP contribution >= 0.6 is 0 Å². The Morgan fingerprint density at radius 2 is 1.97 bits per heavy atom. The molecule has 2 rings (SSSR count). The minimum absolute atomic E-state index is 0.395. The topological polar surface area (TPSA) is 71.8 Å². The number of hydrogen-bond donors (Lipinski definition) is 1. The minimum atomic E-state index is -1.46. The van der Waals surface area contributed by atoms with E-state index >= 15 is 0 Å². The Hall–Kier alpha value is -2.64. The van der Waals surface area contributed by atoms with Crippen molar-refractivity contribution in [1.82, 2.24) is 5.32 Å². The lowest BCUT2D eigenvalue weighted by atomic mass is 10.1. The van der Waals surface area contributed by atoms with Crippen LogP contribution in [0, 0.1) is 0 Å². The summed E-state index contributed by atoms with van der Waals surface area (Å²) < 4.78 is 21.9. The molecule has 1 N–H and O–H groups in total. The van der Waals surface area contributed by atoms with Gasteiger partial charge in [-0.1, -0.05) is 0 Å². The summed E-state index contributed by atoms with van der Waals surface area (Å²) in [6, 6.07) is 7.72. The highest BCUT2D eigenvalue weighted by atomic mass is 32.2. The third-order valence-electron chi connectivity index (χ3n) is 4.52. The SMILES string of the molecule is CCN(CC)c1ccc2cc(/C=C/C(=C/C=C(\C)S(=O)OC)NC)c(=O)oc2c1. The maximum absolute atomic E-state index is 12.4. The van der Waals surface area contributed by atoms with Crippen LogP contribution in [0.4, 0.5) is 5.69 Å². The molecule has 0 saturated heterocycles. The van der Waals surface area contributed by atoms with Crippen LogP contribution in [0.1, 0.15) is 26.3 Å². The van der Waals surface area contributed by atoms with E-state index in [1.54, 1.807) is 38.3 Å². The van der Waals surface area contributed by atoms with Gasteiger partial charge in [0.15, 0.2) is 11.1 Å². The molecule has 2 aromatic rings. The van der Waals surface area contributed by atoms with E-state index in [0.717, 1.165) is 29.9 Å². The Balaban J connectivity index is 2.33. The summed E-state index contributed by atoms with van der Waals surface area (Å²) in [5.74, 6) is 0. The van der Waals surface area contributed by atoms with Crippen LogP contribution < -0.4 is 15.8 Å². The number of rotatable bonds is 9. The predicted molar refractivity (Wildman–Crippen MR) is 121 cm³/mol. The molecular weight excluding hydrogens is 388 g/mol. The third kappa shape index (κ3) is 5.92. The van der Waals surface area contributed by atoms with Crippen molar-refractivity contribution in [1.29, 1.82) is 0 Å². The molecule has 0 radical (unpaired) electrons. The summed E-state index contributed by atoms with van der Waals surface area (Å²) in [7, 11) is 3.16. The maximum atomic E-state index is 12.4. The van der Waals surface area contributed by atoms with Crippen molar-refractivity contribution in [3.8, 4) is 0 Å². The van der Waals surface area contributed by atoms with E-state index in [0.29, 0.717) is 16.1 Å². The summed E-state index contributed by atoms with van der Waals surface area (Å²) in [6.45, 7) is 7.68. The zero-order chi connectivity index (χ0) is 21.4. The molecule has 0 aliphatic heterocycles. The second kappa shape index (κ2) is 10.8. The Kier molecular flexibility index (Phi) is 8.42. The van der Waals surface area contributed by atoms with Crippen molar-refractivity contribution < 1.29 is 12.8 Å². The van der Waals surface area contributed by atoms with Crippen LogP contribution in [0.25, 0.3) is 17.0 Å². The van der Waals surface area contributed by atoms with Gasteiger partial charge in [0.25, 0.3) is 0 Å². The van der Waals surface area contributed by atoms with Gasteiger partial charge in [-0.3, -0.25) is 4.18 Å². The first-order valence-electron chi connectivity index (χ1n) is 9.47. The second-order valence-corrected chi connectivity index (χ2v) is 7.71. The van der Waals surface area contributed by atoms with Crippen molar-refractivity contribution in [3.63, 3.8) is 0 Å². The predicted octanol–water partition coefficient (Wildman–Crippen LogP) is 3.97. The summed E-state index contributed by atoms with van der Waals surface area (Å²) in [4.78, 5) is 15.2. The lowest BCUT2D eigenvalue weighted by molar-refractivity contribution is 0.450. The Morgan fingerprint density at radius 1 is 1.24 bits per heavy atom. The summed E-state index contributed by atoms with van der Waals surface area (Å²) in [6.07, 6.45) is 6.93. The Morgan fingerprint density at radius 3 is 2.59 bits per heavy atom. The smallest absolute Gasteiger partial charge is 0.343 e. The number of anilines is 1. The van der Waals surface area contributed by atoms with E-state index in [9.17, 15) is 9.00 Å². The molecule has 1 heterocycles. The third-order valence-corrected chi connectivity index (χ3v) is 5.48. The highest BCUT2D eigenvalue weighted by Crippen LogP contribution is 2.22. The van der Waals surface area contributed by atoms with Gasteiger partial charge in [-0.15, -0.1) is 0 Å². The van der Waals surface area contributed by atoms with Crippen LogP contribution in [0.15, 0.2) is 62.3 Å². The van der Waals surface area contributed by atoms with E-state index in [2.05, 4.69) is 24.1 Å². The molecule has 0 bridgehead atoms. The van der Waals surface area contributed by atoms with Crippen LogP contribution in [-0.4, -0.2) is 31.5 Å². The number of hydrogen-bond acceptors (Lipinski definition) is 6. The largest absolute Gasteiger partial charge is 0.422 e. The van der Waals surface area contributed by atoms with Crippen molar-refractivity contribution in [2.75, 3.05) is 32.1 Å². The molecule has 1 aromatic heterocycles. The normalized spacial score (nSPS) is 13.8. The van der Waals surface area contributed by atoms with Gasteiger partial charge in [0.05, 0.1) is 12.7 Å². The Bertz CT molecular complexity index is 1020. The molecule has 0 aliphatic rings. The zero-order valence-electron chi connectivity index (χ0n) is 17.5. The average molecular weight is 417 g/mol. The van der Waals surface area contributed by atoms with Crippen molar-refractivity contribution in [2.45, 2.75) is 20.8 Å². The molecule has 0 amide bonds. The fourth-order valence-corrected chi connectivity index (χ4v) is 3.26. The van der Waals surface area contributed by atoms with E-state index in [-0.39, 0.29) is 0 Å². The quantitative estimate of drug-likeness (QED) is 0.493. The minimum Gasteiger partial charge on any atom is -0.422 e. The second-order valence-electron chi connectivity index (χ2n) is 6.27. The zero-order valence-corrected chi connectivity index (χ0v) is 18.3. The van der Waals surface area contributed by atoms with Gasteiger partial charge in [-0.25, -0.2) is 9.00 Å². The number of allylic oxidation sites excluding steroid dienone is 4. The average Bonchev–Trinajstić information content (AvgIpc) is 2.73. The van der Waals surface area contributed by atoms with Crippen LogP contribution in [-0.2, 0) is 15.3 Å². The molecule has 1 aromatic carbocycles. The van der Waals surface area contributed by atoms with Crippen molar-refractivity contribution in [3.05, 3.63) is 69.1 Å². The summed E-state index contributed by atoms with van der Waals surface area (Å²) in [5.41, 5.74) is 2.41. The fourth-order valence-electron chi connectivity index (χ4n) is 2.81. The van der Waals surface area contributed by atoms with Crippen LogP contribution in [0.5, 0.6) is 0 Å². The summed E-state index contributed by atoms with van der Waals surface area (Å²) >= 11 is -1.46. The van der Waals surface area contributed by atoms with Crippen molar-refractivity contribution >= 4 is 33.8 Å². The van der Waals surface area contributed by atoms with Gasteiger partial charge in [-0.05, 0) is 63.3 Å². The highest BCUT2D eigenvalue weighted by Gasteiger charge is 2.07. The molecule has 6 nitrogen and oxygen atoms in total. The van der Waals surface area contributed by atoms with Gasteiger partial charge in [0.1, 0.15) is 5.58 Å². The molecule has 7 heteroatoms. The van der Waals surface area contributed by atoms with E-state index in [4.69, 9.17) is 8.60 Å². The van der Waals surface area contributed by atoms with E-state index in [1.807, 2.05) is 24.3 Å². The molecular formula is C22H28N2O4S. The van der Waals surface area contributed by atoms with Crippen molar-refractivity contribution in [2.24, 2.45) is 0 Å². The molecule has 1 unspecified atom stereocenters. The van der Waals surface area contributed by atoms with E-state index < -0.39 is 16.7 Å².